The number of carbonyl (C=O) groups excluding carboxylic acids is 1. The Bertz CT molecular complexity index is 1310. The van der Waals surface area contributed by atoms with Crippen molar-refractivity contribution in [1.29, 1.82) is 0 Å². The lowest BCUT2D eigenvalue weighted by Gasteiger charge is -2.29. The summed E-state index contributed by atoms with van der Waals surface area (Å²) >= 11 is 6.05. The van der Waals surface area contributed by atoms with E-state index in [0.717, 1.165) is 31.4 Å². The molecular formula is C28H28ClFN4O3. The number of amides is 1. The number of nitrogens with zero attached hydrogens (tertiary/aromatic N) is 3. The molecule has 37 heavy (non-hydrogen) atoms. The highest BCUT2D eigenvalue weighted by atomic mass is 35.5. The lowest BCUT2D eigenvalue weighted by Crippen LogP contribution is -2.24. The molecule has 0 bridgehead atoms. The van der Waals surface area contributed by atoms with Crippen molar-refractivity contribution in [2.75, 3.05) is 4.90 Å². The number of halogens is 2. The molecule has 1 aliphatic heterocycles. The molecule has 0 atom stereocenters. The first-order chi connectivity index (χ1) is 17.9. The summed E-state index contributed by atoms with van der Waals surface area (Å²) < 4.78 is 15.9. The maximum Gasteiger partial charge on any atom is 0.303 e. The van der Waals surface area contributed by atoms with Crippen molar-refractivity contribution in [1.82, 2.24) is 14.9 Å². The van der Waals surface area contributed by atoms with Crippen molar-refractivity contribution < 1.29 is 19.1 Å². The summed E-state index contributed by atoms with van der Waals surface area (Å²) in [6, 6.07) is 12.9. The fourth-order valence-corrected chi connectivity index (χ4v) is 5.40. The summed E-state index contributed by atoms with van der Waals surface area (Å²) in [5.41, 5.74) is 2.81. The number of carboxylic acids is 1. The number of carbonyl (C=O) groups is 2. The third kappa shape index (κ3) is 5.69. The number of fused-ring (bicyclic) bond motifs is 1. The average Bonchev–Trinajstić information content (AvgIpc) is 3.32. The Morgan fingerprint density at radius 3 is 2.57 bits per heavy atom. The predicted molar refractivity (Wildman–Crippen MR) is 140 cm³/mol. The molecule has 0 saturated heterocycles. The quantitative estimate of drug-likeness (QED) is 0.409. The third-order valence-electron chi connectivity index (χ3n) is 7.24. The number of aliphatic carboxylic acids is 1. The van der Waals surface area contributed by atoms with Crippen LogP contribution in [0.15, 0.2) is 54.9 Å². The highest BCUT2D eigenvalue weighted by molar-refractivity contribution is 6.31. The number of imidazole rings is 1. The zero-order chi connectivity index (χ0) is 25.9. The van der Waals surface area contributed by atoms with Crippen LogP contribution in [-0.2, 0) is 18.0 Å². The standard InChI is InChI=1S/C28H28ClFN4O3/c29-23-2-1-3-24(30)22(23)15-31-28(37)25-16-34-17-33(13-12-26(34)32-25)21-10-8-20(9-11-21)19-6-4-18(5-7-19)14-27(35)36/h1-3,8-13,16,18-19H,4-7,14-15,17H2,(H,31,37)(H,35,36). The Labute approximate surface area is 219 Å². The maximum atomic E-state index is 14.0. The summed E-state index contributed by atoms with van der Waals surface area (Å²) in [7, 11) is 0. The number of carboxylic acid groups (broad SMARTS) is 1. The molecule has 2 aromatic carbocycles. The van der Waals surface area contributed by atoms with Gasteiger partial charge in [-0.3, -0.25) is 9.59 Å². The Morgan fingerprint density at radius 1 is 1.11 bits per heavy atom. The van der Waals surface area contributed by atoms with E-state index in [0.29, 0.717) is 24.3 Å². The fraction of sp³-hybridized carbons (Fsp3) is 0.321. The average molecular weight is 523 g/mol. The Hall–Kier alpha value is -3.65. The van der Waals surface area contributed by atoms with Crippen LogP contribution >= 0.6 is 11.6 Å². The van der Waals surface area contributed by atoms with Crippen molar-refractivity contribution in [3.8, 4) is 0 Å². The number of rotatable bonds is 7. The van der Waals surface area contributed by atoms with Gasteiger partial charge in [-0.1, -0.05) is 29.8 Å². The van der Waals surface area contributed by atoms with E-state index >= 15 is 0 Å². The number of benzene rings is 2. The van der Waals surface area contributed by atoms with Crippen molar-refractivity contribution in [2.45, 2.75) is 51.2 Å². The molecule has 1 aromatic heterocycles. The molecule has 1 fully saturated rings. The van der Waals surface area contributed by atoms with Gasteiger partial charge in [0.2, 0.25) is 0 Å². The van der Waals surface area contributed by atoms with Gasteiger partial charge >= 0.3 is 5.97 Å². The second-order valence-corrected chi connectivity index (χ2v) is 10.1. The Balaban J connectivity index is 1.19. The van der Waals surface area contributed by atoms with Crippen molar-refractivity contribution in [3.63, 3.8) is 0 Å². The first-order valence-electron chi connectivity index (χ1n) is 12.4. The Kier molecular flexibility index (Phi) is 7.28. The molecule has 1 aliphatic carbocycles. The zero-order valence-electron chi connectivity index (χ0n) is 20.2. The molecule has 2 aliphatic rings. The molecule has 2 N–H and O–H groups in total. The van der Waals surface area contributed by atoms with Crippen LogP contribution in [0, 0.1) is 11.7 Å². The van der Waals surface area contributed by atoms with Crippen LogP contribution in [0.4, 0.5) is 10.1 Å². The lowest BCUT2D eigenvalue weighted by molar-refractivity contribution is -0.138. The van der Waals surface area contributed by atoms with Gasteiger partial charge in [0, 0.05) is 41.6 Å². The molecule has 9 heteroatoms. The van der Waals surface area contributed by atoms with E-state index in [-0.39, 0.29) is 29.2 Å². The van der Waals surface area contributed by atoms with Gasteiger partial charge in [0.25, 0.3) is 5.91 Å². The first-order valence-corrected chi connectivity index (χ1v) is 12.8. The number of aromatic nitrogens is 2. The van der Waals surface area contributed by atoms with Gasteiger partial charge in [-0.15, -0.1) is 0 Å². The number of anilines is 1. The number of nitrogens with one attached hydrogen (secondary N) is 1. The van der Waals surface area contributed by atoms with Crippen LogP contribution in [0.25, 0.3) is 6.08 Å². The van der Waals surface area contributed by atoms with Gasteiger partial charge in [-0.2, -0.15) is 0 Å². The lowest BCUT2D eigenvalue weighted by atomic mass is 9.77. The minimum Gasteiger partial charge on any atom is -0.481 e. The molecule has 0 spiro atoms. The van der Waals surface area contributed by atoms with Crippen LogP contribution in [0.3, 0.4) is 0 Å². The molecule has 0 radical (unpaired) electrons. The molecule has 2 heterocycles. The SMILES string of the molecule is O=C(O)CC1CCC(c2ccc(N3C=Cc4nc(C(=O)NCc5c(F)cccc5Cl)cn4C3)cc2)CC1. The normalized spacial score (nSPS) is 18.9. The van der Waals surface area contributed by atoms with E-state index in [1.54, 1.807) is 12.3 Å². The van der Waals surface area contributed by atoms with Crippen LogP contribution in [0.5, 0.6) is 0 Å². The van der Waals surface area contributed by atoms with Gasteiger partial charge in [-0.25, -0.2) is 9.37 Å². The van der Waals surface area contributed by atoms with E-state index in [9.17, 15) is 14.0 Å². The first kappa shape index (κ1) is 25.0. The predicted octanol–water partition coefficient (Wildman–Crippen LogP) is 5.80. The number of hydrogen-bond acceptors (Lipinski definition) is 4. The summed E-state index contributed by atoms with van der Waals surface area (Å²) in [6.07, 6.45) is 9.71. The van der Waals surface area contributed by atoms with Gasteiger partial charge in [0.15, 0.2) is 0 Å². The van der Waals surface area contributed by atoms with Crippen LogP contribution in [0.2, 0.25) is 5.02 Å². The molecule has 1 saturated carbocycles. The minimum absolute atomic E-state index is 0.0257. The van der Waals surface area contributed by atoms with Crippen molar-refractivity contribution >= 4 is 35.2 Å². The molecule has 0 unspecified atom stereocenters. The van der Waals surface area contributed by atoms with E-state index in [4.69, 9.17) is 16.7 Å². The summed E-state index contributed by atoms with van der Waals surface area (Å²) in [6.45, 7) is 0.479. The van der Waals surface area contributed by atoms with E-state index in [2.05, 4.69) is 39.5 Å². The molecule has 7 nitrogen and oxygen atoms in total. The molecule has 3 aromatic rings. The van der Waals surface area contributed by atoms with Crippen molar-refractivity contribution in [2.24, 2.45) is 5.92 Å². The minimum atomic E-state index is -0.705. The molecule has 5 rings (SSSR count). The Morgan fingerprint density at radius 2 is 1.86 bits per heavy atom. The second-order valence-electron chi connectivity index (χ2n) is 9.67. The van der Waals surface area contributed by atoms with Crippen LogP contribution in [-0.4, -0.2) is 26.5 Å². The topological polar surface area (TPSA) is 87.5 Å². The summed E-state index contributed by atoms with van der Waals surface area (Å²) in [4.78, 5) is 30.1. The fourth-order valence-electron chi connectivity index (χ4n) is 5.17. The highest BCUT2D eigenvalue weighted by Gasteiger charge is 2.24. The molecule has 192 valence electrons. The van der Waals surface area contributed by atoms with Gasteiger partial charge in [0.05, 0.1) is 0 Å². The molecular weight excluding hydrogens is 495 g/mol. The summed E-state index contributed by atoms with van der Waals surface area (Å²) in [5, 5.41) is 12.0. The summed E-state index contributed by atoms with van der Waals surface area (Å²) in [5.74, 6) is -0.142. The number of hydrogen-bond donors (Lipinski definition) is 2. The zero-order valence-corrected chi connectivity index (χ0v) is 21.0. The largest absolute Gasteiger partial charge is 0.481 e. The maximum absolute atomic E-state index is 14.0. The van der Waals surface area contributed by atoms with E-state index in [1.165, 1.54) is 17.7 Å². The monoisotopic (exact) mass is 522 g/mol. The van der Waals surface area contributed by atoms with Gasteiger partial charge in [0.1, 0.15) is 24.0 Å². The third-order valence-corrected chi connectivity index (χ3v) is 7.60. The van der Waals surface area contributed by atoms with E-state index < -0.39 is 17.7 Å². The smallest absolute Gasteiger partial charge is 0.303 e. The highest BCUT2D eigenvalue weighted by Crippen LogP contribution is 2.37. The second kappa shape index (κ2) is 10.8. The van der Waals surface area contributed by atoms with Gasteiger partial charge < -0.3 is 19.9 Å². The van der Waals surface area contributed by atoms with E-state index in [1.807, 2.05) is 16.8 Å². The van der Waals surface area contributed by atoms with Crippen LogP contribution < -0.4 is 10.2 Å². The van der Waals surface area contributed by atoms with Gasteiger partial charge in [-0.05, 0) is 73.4 Å². The van der Waals surface area contributed by atoms with Crippen LogP contribution in [0.1, 0.15) is 65.5 Å². The van der Waals surface area contributed by atoms with Crippen molar-refractivity contribution in [3.05, 3.63) is 88.3 Å². The molecule has 1 amide bonds.